The zero-order valence-electron chi connectivity index (χ0n) is 271. The van der Waals surface area contributed by atoms with E-state index in [2.05, 4.69) is 29.5 Å². The smallest absolute Gasteiger partial charge is 0.484 e. The number of aliphatic hydroxyl groups excluding tert-OH is 1. The number of pyridine rings is 3. The number of esters is 1. The molecule has 2 fully saturated rings. The lowest BCUT2D eigenvalue weighted by Gasteiger charge is -2.32. The lowest BCUT2D eigenvalue weighted by Crippen LogP contribution is -2.41. The Kier molecular flexibility index (Phi) is 3.91. The highest BCUT2D eigenvalue weighted by Gasteiger charge is 2.52. The number of carbonyl (C=O) groups is 2. The number of ether oxygens (including phenoxy) is 9. The monoisotopic (exact) mass is 1610 g/mol. The maximum atomic E-state index is 11.9. The maximum absolute atomic E-state index is 11.9. The van der Waals surface area contributed by atoms with Gasteiger partial charge in [-0.25, -0.2) is 14.5 Å². The summed E-state index contributed by atoms with van der Waals surface area (Å²) in [5, 5.41) is 28.1. The summed E-state index contributed by atoms with van der Waals surface area (Å²) >= 11 is 0. The van der Waals surface area contributed by atoms with Crippen molar-refractivity contribution < 1.29 is 420 Å². The van der Waals surface area contributed by atoms with Crippen LogP contribution < -0.4 is 44.8 Å². The number of fused-ring (bicyclic) bond motifs is 2. The molecule has 0 spiro atoms. The number of rotatable bonds is 20. The number of hydrogen-bond acceptors (Lipinski definition) is 21. The highest BCUT2D eigenvalue weighted by molar-refractivity contribution is 6.63. The second-order valence-electron chi connectivity index (χ2n) is 19.9. The molecule has 10 rings (SSSR count). The predicted molar refractivity (Wildman–Crippen MR) is 546 cm³/mol. The van der Waals surface area contributed by atoms with E-state index in [9.17, 15) is 19.6 Å². The summed E-state index contributed by atoms with van der Waals surface area (Å²) in [6.45, 7) is 32.7. The van der Waals surface area contributed by atoms with E-state index < -0.39 is 38.5 Å². The van der Waals surface area contributed by atoms with Crippen LogP contribution in [-0.4, -0.2) is 127 Å². The fourth-order valence-corrected chi connectivity index (χ4v) is 8.42. The van der Waals surface area contributed by atoms with Crippen molar-refractivity contribution in [2.45, 2.75) is 84.6 Å². The van der Waals surface area contributed by atoms with Crippen LogP contribution in [0.15, 0.2) is 91.0 Å². The number of carbonyl (C=O) groups excluding carboxylic acids is 2. The van der Waals surface area contributed by atoms with Crippen LogP contribution in [0.5, 0.6) is 52.5 Å². The Bertz CT molecular complexity index is 3710. The van der Waals surface area contributed by atoms with Crippen LogP contribution in [0, 0.1) is 19.7 Å². The van der Waals surface area contributed by atoms with Gasteiger partial charge in [-0.15, -0.1) is 0 Å². The number of nitrogens with zero attached hydrogens (tertiary/aromatic N) is 6. The van der Waals surface area contributed by atoms with Gasteiger partial charge in [-0.1, -0.05) is 18.2 Å². The lowest BCUT2D eigenvalue weighted by molar-refractivity contribution is -0.165. The number of benzene rings is 3. The van der Waals surface area contributed by atoms with Crippen molar-refractivity contribution >= 4 is 67.1 Å². The van der Waals surface area contributed by atoms with Crippen molar-refractivity contribution in [3.8, 4) is 52.5 Å². The molecule has 1 unspecified atom stereocenters. The first-order chi connectivity index (χ1) is 153. The van der Waals surface area contributed by atoms with Gasteiger partial charge < -0.3 is 76.4 Å². The van der Waals surface area contributed by atoms with Gasteiger partial charge in [0.15, 0.2) is 6.29 Å². The number of hydrogen-bond donors (Lipinski definition) is 3. The third kappa shape index (κ3) is 16.6. The molecule has 0 aliphatic carbocycles. The van der Waals surface area contributed by atoms with E-state index in [-0.39, 0.29) is 93.1 Å². The van der Waals surface area contributed by atoms with Gasteiger partial charge in [-0.2, -0.15) is 15.0 Å². The lowest BCUT2D eigenvalue weighted by atomic mass is 9.76. The van der Waals surface area contributed by atoms with Gasteiger partial charge in [-0.3, -0.25) is 9.59 Å². The summed E-state index contributed by atoms with van der Waals surface area (Å²) in [4.78, 5) is 45.4. The summed E-state index contributed by atoms with van der Waals surface area (Å²) in [5.41, 5.74) is 3.83. The van der Waals surface area contributed by atoms with Gasteiger partial charge in [0, 0.05) is 353 Å². The second kappa shape index (κ2) is 29.2. The molecule has 0 saturated carbocycles. The highest BCUT2D eigenvalue weighted by atomic mass is 16.7. The first kappa shape index (κ1) is 11.4. The largest absolute Gasteiger partial charge is 0.495 e. The van der Waals surface area contributed by atoms with Crippen LogP contribution >= 0.6 is 0 Å². The predicted octanol–water partition coefficient (Wildman–Crippen LogP) is 34.9. The second-order valence-corrected chi connectivity index (χ2v) is 19.9. The van der Waals surface area contributed by atoms with Crippen LogP contribution in [0.1, 0.15) is 409 Å². The number of aliphatic hydroxyl groups is 1. The Morgan fingerprint density at radius 1 is 0.659 bits per heavy atom. The Balaban J connectivity index is -0.0000000136. The molecule has 24 nitrogen and oxygen atoms in total. The van der Waals surface area contributed by atoms with E-state index in [0.29, 0.717) is 60.2 Å². The quantitative estimate of drug-likeness (QED) is 0.0211. The van der Waals surface area contributed by atoms with Gasteiger partial charge in [0.05, 0.1) is 57.3 Å². The van der Waals surface area contributed by atoms with Gasteiger partial charge >= 0.3 is 27.3 Å². The zero-order chi connectivity index (χ0) is 285. The first-order valence-corrected chi connectivity index (χ1v) is 26.8. The molecule has 85 heavy (non-hydrogen) atoms. The van der Waals surface area contributed by atoms with E-state index >= 15 is 0 Å². The Morgan fingerprint density at radius 3 is 1.55 bits per heavy atom. The molecule has 0 amide bonds. The van der Waals surface area contributed by atoms with Gasteiger partial charge in [0.2, 0.25) is 52.3 Å². The topological polar surface area (TPSA) is 267 Å². The van der Waals surface area contributed by atoms with Crippen molar-refractivity contribution in [3.05, 3.63) is 142 Å². The molecule has 3 aromatic carbocycles. The number of aldehydes is 1. The van der Waals surface area contributed by atoms with Gasteiger partial charge in [0.25, 0.3) is 0 Å². The average Bonchev–Trinajstić information content (AvgIpc) is 1.61. The molecule has 1 atom stereocenters. The minimum atomic E-state index is -0.910. The third-order valence-electron chi connectivity index (χ3n) is 13.4. The summed E-state index contributed by atoms with van der Waals surface area (Å²) in [6, 6.07) is 24.8. The molecular formula is C58H285B3N6O18. The standard InChI is InChI=1S/C26H31BN2O7.C17H15BN2O6.C15H13BN2O5.113H2/c1-25(2)26(3,4)36-27(35-25)20-10-9-19(16-18(20)17-30)34-22-12-11-21(28-5)24(29-22)33-15-14-32-23-8-6-7-13-31-23;1-11(21)23-7-8-24-17-15(19-2)5-6-16(20-17)26-13-3-4-14-12(9-13)10-25-18(14)22;1-17-13-4-5-14(18-15(13)21-7-6-19)23-11-2-3-12-10(8-11)9-22-16(12)20;;;;;;;;;;;;;;;;;;;;;;;;;;;;;;;;;;;;;;;;;;;;;;;;;;;;;;;;;;;;;;;;;;;;;;;;;;;;;;;;;;;;;;;;;;;;;;;;;;;;;;;;;;;;;;;;;/h9-12,16-17,23H,6-8,13-15H2,1-4H3;3-6,9,22H,7-8,10H2,1H3;2-5,8,19-20H,6-7,9H2;113*1H/i;;;112*1+1D;1+1. The SMILES string of the molecule is [2HH].[2H][2H].[2H][2H].[2H][2H].[2H][2H].[2H][2H].[2H][2H].[2H][2H].[2H][2H].[2H][2H].[2H][2H].[2H][2H].[2H][2H].[2H][2H].[2H][2H].[2H][2H].[2H][2H].[2H][2H].[2H][2H].[2H][2H].[2H][2H].[2H][2H].[2H][2H].[2H][2H].[2H][2H].[2H][2H].[2H][2H].[2H][2H].[2H][2H].[2H][2H].[2H][2H].[2H][2H].[2H][2H].[2H][2H].[2H][2H].[2H][2H].[2H][2H].[2H][2H].[2H][2H].[2H][2H].[2H][2H].[2H][2H].[2H][2H].[2H][2H].[2H][2H].[2H][2H].[2H][2H].[2H][2H].[2H][2H].[2H][2H].[2H][2H].[2H][2H].[2H][2H].[2H][2H].[2H][2H].[2H][2H].[2H][2H].[2H][2H].[2H][2H].[2H][2H].[2H][2H].[2H][2H].[2H][2H].[2H][2H].[2H][2H].[2H][2H].[2H][2H].[2H][2H].[2H][2H].[2H][2H].[2H][2H].[2H][2H].[2H][2H].[2H][2H].[2H][2H].[2H][2H].[2H][2H].[2H][2H].[2H][2H].[2H][2H].[2H][2H].[2H][2H].[2H][2H].[2H][2H].[2H][2H].[2H][2H].[2H][2H].[2H][2H].[2H][2H].[2H][2H].[2H][2H].[2H][2H].[2H][2H].[2H][2H].[2H][2H].[2H][2H].[2H][2H].[2H][2H].[2H][2H].[2H][2H].[2H][2H].[2H][2H].[2H][2H].[2H][2H].[2H][2H].[2H][2H].[2H][2H].[2H][2H].[2H][2H].[2H][2H].[2H][2H].[2H][2H].[2H][2H].[C-]#[N+]c1ccc(Oc2ccc(B3OC(C)(C)C(C)(C)O3)c(C=O)c2)nc1OCCOC1CCCCO1.[C-]#[N+]c1ccc(Oc2ccc3c(c2)COB3O)nc1OCCO.[C-]#[N+]c1ccc(Oc2ccc3c(c2)COB3O)nc1OCCOC(C)=O. The molecular weight excluding hydrogens is 1100 g/mol. The van der Waals surface area contributed by atoms with E-state index in [4.69, 9.17) is 419 Å². The van der Waals surface area contributed by atoms with E-state index in [1.54, 1.807) is 84.9 Å². The summed E-state index contributed by atoms with van der Waals surface area (Å²) in [7, 11) is -2.47. The van der Waals surface area contributed by atoms with Crippen LogP contribution in [0.4, 0.5) is 17.1 Å². The van der Waals surface area contributed by atoms with Crippen molar-refractivity contribution in [1.82, 2.24) is 15.0 Å². The summed E-state index contributed by atoms with van der Waals surface area (Å²) in [6.07, 6.45) is 3.53. The van der Waals surface area contributed by atoms with Gasteiger partial charge in [-0.05, 0) is 147 Å². The van der Waals surface area contributed by atoms with E-state index in [1.165, 1.54) is 13.0 Å². The molecule has 2 saturated heterocycles. The van der Waals surface area contributed by atoms with E-state index in [1.807, 2.05) is 27.7 Å². The van der Waals surface area contributed by atoms with Crippen LogP contribution in [0.25, 0.3) is 14.5 Å². The van der Waals surface area contributed by atoms with E-state index in [0.717, 1.165) is 42.1 Å². The molecule has 7 heterocycles. The van der Waals surface area contributed by atoms with Crippen LogP contribution in [0.3, 0.4) is 0 Å². The third-order valence-corrected chi connectivity index (χ3v) is 13.4. The molecule has 3 aromatic heterocycles. The minimum absolute atomic E-state index is 0. The van der Waals surface area contributed by atoms with Crippen molar-refractivity contribution in [2.24, 2.45) is 0 Å². The average molecular weight is 1610 g/mol. The fraction of sp³-hybridized carbons (Fsp3) is 0.345. The first-order valence-electron chi connectivity index (χ1n) is 139. The fourth-order valence-electron chi connectivity index (χ4n) is 8.42. The van der Waals surface area contributed by atoms with Crippen molar-refractivity contribution in [3.63, 3.8) is 0 Å². The molecule has 0 bridgehead atoms. The zero-order valence-corrected chi connectivity index (χ0v) is 47.2. The van der Waals surface area contributed by atoms with Gasteiger partial charge in [0.1, 0.15) is 50.0 Å². The maximum Gasteiger partial charge on any atom is 0.495 e. The van der Waals surface area contributed by atoms with Crippen molar-refractivity contribution in [1.29, 1.82) is 0 Å². The highest BCUT2D eigenvalue weighted by Crippen LogP contribution is 2.38. The van der Waals surface area contributed by atoms with Crippen molar-refractivity contribution in [2.75, 3.05) is 46.2 Å². The number of aromatic nitrogens is 3. The normalized spacial score (nSPS) is 26.4. The molecule has 3 N–H and O–H groups in total. The minimum Gasteiger partial charge on any atom is -0.484 e. The van der Waals surface area contributed by atoms with Crippen LogP contribution in [-0.2, 0) is 50.8 Å². The molecule has 4 aliphatic rings. The molecule has 4 aliphatic heterocycles. The Morgan fingerprint density at radius 2 is 1.12 bits per heavy atom. The molecule has 0 radical (unpaired) electrons. The van der Waals surface area contributed by atoms with Crippen LogP contribution in [0.2, 0.25) is 0 Å². The molecule has 664 valence electrons. The Hall–Kier alpha value is -8.65. The molecule has 6 aromatic rings. The summed E-state index contributed by atoms with van der Waals surface area (Å²) in [5.74, 6) is 2.18. The molecule has 27 heteroatoms. The Labute approximate surface area is 838 Å². The summed E-state index contributed by atoms with van der Waals surface area (Å²) < 4.78 is 1190.